The molecule has 1 aromatic carbocycles. The highest BCUT2D eigenvalue weighted by Crippen LogP contribution is 2.11. The summed E-state index contributed by atoms with van der Waals surface area (Å²) in [6.45, 7) is 3.82. The zero-order valence-corrected chi connectivity index (χ0v) is 12.6. The highest BCUT2D eigenvalue weighted by Gasteiger charge is 2.26. The monoisotopic (exact) mass is 300 g/mol. The summed E-state index contributed by atoms with van der Waals surface area (Å²) in [5.41, 5.74) is 0. The van der Waals surface area contributed by atoms with Gasteiger partial charge in [0.1, 0.15) is 6.04 Å². The van der Waals surface area contributed by atoms with Gasteiger partial charge < -0.3 is 4.74 Å². The lowest BCUT2D eigenvalue weighted by atomic mass is 10.1. The molecule has 0 aliphatic heterocycles. The van der Waals surface area contributed by atoms with Gasteiger partial charge in [0.05, 0.1) is 12.9 Å². The molecule has 0 amide bonds. The second-order valence-electron chi connectivity index (χ2n) is 4.29. The topological polar surface area (TPSA) is 72.5 Å². The van der Waals surface area contributed by atoms with Crippen LogP contribution >= 0.6 is 0 Å². The average molecular weight is 300 g/mol. The molecule has 0 bridgehead atoms. The van der Waals surface area contributed by atoms with Crippen molar-refractivity contribution in [3.63, 3.8) is 0 Å². The summed E-state index contributed by atoms with van der Waals surface area (Å²) in [7, 11) is -3.92. The van der Waals surface area contributed by atoms with E-state index in [0.717, 1.165) is 6.42 Å². The second kappa shape index (κ2) is 8.01. The van der Waals surface area contributed by atoms with Crippen molar-refractivity contribution in [1.82, 2.24) is 4.72 Å². The molecule has 112 valence electrons. The van der Waals surface area contributed by atoms with Gasteiger partial charge in [-0.15, -0.1) is 0 Å². The first-order chi connectivity index (χ1) is 9.92. The van der Waals surface area contributed by atoms with Crippen LogP contribution in [0.5, 0.6) is 0 Å². The molecule has 0 aliphatic carbocycles. The Hall–Kier alpha value is -1.40. The van der Waals surface area contributed by atoms with Crippen molar-refractivity contribution in [3.05, 3.63) is 30.3 Å². The Morgan fingerprint density at radius 1 is 1.40 bits per heavy atom. The van der Waals surface area contributed by atoms with Crippen LogP contribution in [0.2, 0.25) is 0 Å². The summed E-state index contributed by atoms with van der Waals surface area (Å²) in [6.07, 6.45) is 1.91. The average Bonchev–Trinajstić information content (AvgIpc) is 2.43. The third-order valence-electron chi connectivity index (χ3n) is 2.68. The predicted molar refractivity (Wildman–Crippen MR) is 76.7 cm³/mol. The first-order valence-electron chi connectivity index (χ1n) is 7.17. The van der Waals surface area contributed by atoms with Crippen molar-refractivity contribution in [3.8, 4) is 0 Å². The first kappa shape index (κ1) is 15.0. The lowest BCUT2D eigenvalue weighted by molar-refractivity contribution is -0.145. The minimum atomic E-state index is -3.92. The largest absolute Gasteiger partial charge is 0.465 e. The quantitative estimate of drug-likeness (QED) is 0.746. The van der Waals surface area contributed by atoms with Gasteiger partial charge in [0.2, 0.25) is 10.0 Å². The van der Waals surface area contributed by atoms with Crippen LogP contribution in [0, 0.1) is 0 Å². The maximum absolute atomic E-state index is 12.3. The van der Waals surface area contributed by atoms with Gasteiger partial charge in [-0.1, -0.05) is 38.0 Å². The van der Waals surface area contributed by atoms with Gasteiger partial charge in [0.25, 0.3) is 0 Å². The maximum Gasteiger partial charge on any atom is 0.324 e. The van der Waals surface area contributed by atoms with Crippen LogP contribution in [0.25, 0.3) is 0 Å². The number of benzene rings is 1. The smallest absolute Gasteiger partial charge is 0.324 e. The summed E-state index contributed by atoms with van der Waals surface area (Å²) in [4.78, 5) is 11.7. The van der Waals surface area contributed by atoms with E-state index in [2.05, 4.69) is 4.72 Å². The van der Waals surface area contributed by atoms with Crippen molar-refractivity contribution >= 4 is 16.0 Å². The summed E-state index contributed by atoms with van der Waals surface area (Å²) in [5.74, 6) is -0.586. The summed E-state index contributed by atoms with van der Waals surface area (Å²) >= 11 is 0. The molecule has 5 nitrogen and oxygen atoms in total. The predicted octanol–water partition coefficient (Wildman–Crippen LogP) is 2.09. The molecule has 0 aliphatic rings. The van der Waals surface area contributed by atoms with Crippen LogP contribution in [-0.2, 0) is 19.6 Å². The van der Waals surface area contributed by atoms with Gasteiger partial charge in [-0.3, -0.25) is 4.79 Å². The van der Waals surface area contributed by atoms with Crippen LogP contribution in [0.3, 0.4) is 0 Å². The minimum absolute atomic E-state index is 0.108. The number of carbonyl (C=O) groups excluding carboxylic acids is 1. The van der Waals surface area contributed by atoms with Crippen molar-refractivity contribution in [2.24, 2.45) is 0 Å². The molecule has 6 heteroatoms. The number of sulfonamides is 1. The van der Waals surface area contributed by atoms with Crippen molar-refractivity contribution in [2.75, 3.05) is 6.61 Å². The number of hydrogen-bond acceptors (Lipinski definition) is 4. The number of esters is 1. The fourth-order valence-electron chi connectivity index (χ4n) is 1.67. The number of unbranched alkanes of at least 4 members (excludes halogenated alkanes) is 1. The lowest BCUT2D eigenvalue weighted by Crippen LogP contribution is -2.41. The first-order valence-corrected chi connectivity index (χ1v) is 8.15. The molecule has 0 unspecified atom stereocenters. The minimum Gasteiger partial charge on any atom is -0.465 e. The standard InChI is InChI=1S/C14H21NO4S/c1-3-5-11-13(14(16)19-4-2)15-20(17,18)12-9-7-6-8-10-12/h6-10,13,15H,3-5,11H2,1-2H3/t13-/m0/s1/i9D. The van der Waals surface area contributed by atoms with Crippen molar-refractivity contribution in [2.45, 2.75) is 44.0 Å². The molecule has 20 heavy (non-hydrogen) atoms. The molecule has 0 aromatic heterocycles. The second-order valence-corrected chi connectivity index (χ2v) is 5.98. The van der Waals surface area contributed by atoms with E-state index < -0.39 is 22.0 Å². The number of ether oxygens (including phenoxy) is 1. The van der Waals surface area contributed by atoms with E-state index in [1.54, 1.807) is 13.0 Å². The van der Waals surface area contributed by atoms with E-state index >= 15 is 0 Å². The van der Waals surface area contributed by atoms with Gasteiger partial charge >= 0.3 is 5.97 Å². The summed E-state index contributed by atoms with van der Waals surface area (Å²) in [6, 6.07) is 4.82. The number of nitrogens with one attached hydrogen (secondary N) is 1. The molecule has 1 aromatic rings. The fraction of sp³-hybridized carbons (Fsp3) is 0.500. The molecule has 0 heterocycles. The lowest BCUT2D eigenvalue weighted by Gasteiger charge is -2.17. The Morgan fingerprint density at radius 2 is 2.15 bits per heavy atom. The molecule has 0 saturated carbocycles. The Kier molecular flexibility index (Phi) is 6.01. The van der Waals surface area contributed by atoms with Crippen molar-refractivity contribution in [1.29, 1.82) is 0 Å². The summed E-state index contributed by atoms with van der Waals surface area (Å²) < 4.78 is 39.5. The van der Waals surface area contributed by atoms with E-state index in [-0.39, 0.29) is 17.5 Å². The highest BCUT2D eigenvalue weighted by atomic mass is 32.2. The van der Waals surface area contributed by atoms with Crippen LogP contribution < -0.4 is 4.72 Å². The molecular weight excluding hydrogens is 278 g/mol. The van der Waals surface area contributed by atoms with Gasteiger partial charge in [0, 0.05) is 0 Å². The Morgan fingerprint density at radius 3 is 2.75 bits per heavy atom. The molecule has 0 saturated heterocycles. The number of carbonyl (C=O) groups is 1. The van der Waals surface area contributed by atoms with Crippen molar-refractivity contribution < 1.29 is 19.3 Å². The number of rotatable bonds is 8. The molecule has 0 fully saturated rings. The van der Waals surface area contributed by atoms with Crippen LogP contribution in [0.4, 0.5) is 0 Å². The molecule has 1 rings (SSSR count). The third kappa shape index (κ3) is 4.94. The van der Waals surface area contributed by atoms with E-state index in [4.69, 9.17) is 6.11 Å². The van der Waals surface area contributed by atoms with Crippen LogP contribution in [-0.4, -0.2) is 27.0 Å². The Balaban J connectivity index is 2.95. The van der Waals surface area contributed by atoms with E-state index in [1.165, 1.54) is 18.2 Å². The van der Waals surface area contributed by atoms with Crippen LogP contribution in [0.1, 0.15) is 34.5 Å². The molecule has 1 atom stereocenters. The van der Waals surface area contributed by atoms with Crippen LogP contribution in [0.15, 0.2) is 35.2 Å². The molecule has 0 radical (unpaired) electrons. The highest BCUT2D eigenvalue weighted by molar-refractivity contribution is 7.89. The van der Waals surface area contributed by atoms with Gasteiger partial charge in [-0.25, -0.2) is 8.42 Å². The Bertz CT molecular complexity index is 574. The van der Waals surface area contributed by atoms with Gasteiger partial charge in [0.15, 0.2) is 0 Å². The third-order valence-corrected chi connectivity index (χ3v) is 4.11. The number of hydrogen-bond donors (Lipinski definition) is 1. The SMILES string of the molecule is [2H]c1ccccc1S(=O)(=O)N[C@@H](CCCC)C(=O)OCC. The normalized spacial score (nSPS) is 13.6. The zero-order valence-electron chi connectivity index (χ0n) is 12.8. The fourth-order valence-corrected chi connectivity index (χ4v) is 2.87. The Labute approximate surface area is 121 Å². The zero-order chi connectivity index (χ0) is 15.9. The summed E-state index contributed by atoms with van der Waals surface area (Å²) in [5, 5.41) is 0. The maximum atomic E-state index is 12.3. The molecule has 0 spiro atoms. The van der Waals surface area contributed by atoms with Gasteiger partial charge in [-0.2, -0.15) is 4.72 Å². The molecule has 1 N–H and O–H groups in total. The van der Waals surface area contributed by atoms with E-state index in [0.29, 0.717) is 12.8 Å². The van der Waals surface area contributed by atoms with E-state index in [1.807, 2.05) is 6.92 Å². The van der Waals surface area contributed by atoms with Gasteiger partial charge in [-0.05, 0) is 25.5 Å². The van der Waals surface area contributed by atoms with E-state index in [9.17, 15) is 13.2 Å². The molecular formula is C14H21NO4S.